The van der Waals surface area contributed by atoms with Gasteiger partial charge in [-0.2, -0.15) is 0 Å². The van der Waals surface area contributed by atoms with Gasteiger partial charge in [-0.3, -0.25) is 44.3 Å². The number of thiazole rings is 2. The number of aromatic nitrogens is 4. The number of anilines is 4. The standard InChI is InChI=1S/C52H64N12O6S2/c1-29(2)43-41(48(68)54-19-11-21-60(5)6)56-51(71-43)58-46(66)39-25-35(27-62(39)9)64(50(70)34-16-18-38-32(24-34)14-13-31-23-33(45(53)65)15-17-37(31)38)36-26-40(63(10)28-36)47(67)59-52-57-42(44(72-52)30(3)4)49(69)55-20-12-22-61(7)8/h15-18,23-30H,11-14,19-22H2,1-10H3,(H2,53,65)(H,54,68)(H,55,69)(H,56,58,66)(H,57,59,67). The van der Waals surface area contributed by atoms with E-state index in [0.29, 0.717) is 48.4 Å². The van der Waals surface area contributed by atoms with Crippen molar-refractivity contribution in [2.75, 3.05) is 69.9 Å². The molecule has 0 spiro atoms. The van der Waals surface area contributed by atoms with Gasteiger partial charge in [-0.05, 0) is 137 Å². The molecule has 0 radical (unpaired) electrons. The molecule has 0 fully saturated rings. The molecule has 0 bridgehead atoms. The van der Waals surface area contributed by atoms with Gasteiger partial charge in [0.1, 0.15) is 22.8 Å². The number of nitrogens with one attached hydrogen (secondary N) is 4. The molecule has 0 aliphatic heterocycles. The second kappa shape index (κ2) is 22.6. The molecule has 6 N–H and O–H groups in total. The number of amides is 6. The fourth-order valence-corrected chi connectivity index (χ4v) is 10.5. The summed E-state index contributed by atoms with van der Waals surface area (Å²) in [4.78, 5) is 98.0. The molecule has 72 heavy (non-hydrogen) atoms. The Morgan fingerprint density at radius 3 is 1.44 bits per heavy atom. The summed E-state index contributed by atoms with van der Waals surface area (Å²) in [6.45, 7) is 10.4. The zero-order valence-electron chi connectivity index (χ0n) is 42.6. The number of fused-ring (bicyclic) bond motifs is 3. The Labute approximate surface area is 428 Å². The van der Waals surface area contributed by atoms with E-state index in [2.05, 4.69) is 31.2 Å². The molecular weight excluding hydrogens is 953 g/mol. The molecule has 4 heterocycles. The Hall–Kier alpha value is -7.00. The molecule has 0 unspecified atom stereocenters. The van der Waals surface area contributed by atoms with Crippen LogP contribution in [0.4, 0.5) is 21.6 Å². The van der Waals surface area contributed by atoms with Gasteiger partial charge in [0.25, 0.3) is 29.5 Å². The zero-order valence-corrected chi connectivity index (χ0v) is 44.2. The molecule has 2 aromatic carbocycles. The number of carbonyl (C=O) groups excluding carboxylic acids is 6. The Morgan fingerprint density at radius 1 is 0.625 bits per heavy atom. The number of benzene rings is 2. The van der Waals surface area contributed by atoms with Gasteiger partial charge >= 0.3 is 0 Å². The number of hydrogen-bond donors (Lipinski definition) is 5. The van der Waals surface area contributed by atoms with Crippen molar-refractivity contribution in [3.63, 3.8) is 0 Å². The summed E-state index contributed by atoms with van der Waals surface area (Å²) in [5.41, 5.74) is 11.8. The molecule has 380 valence electrons. The molecule has 18 nitrogen and oxygen atoms in total. The fraction of sp³-hybridized carbons (Fsp3) is 0.385. The van der Waals surface area contributed by atoms with Gasteiger partial charge in [-0.15, -0.1) is 22.7 Å². The highest BCUT2D eigenvalue weighted by molar-refractivity contribution is 7.16. The first kappa shape index (κ1) is 52.8. The van der Waals surface area contributed by atoms with Gasteiger partial charge < -0.3 is 35.3 Å². The molecule has 0 atom stereocenters. The summed E-state index contributed by atoms with van der Waals surface area (Å²) in [5, 5.41) is 12.2. The van der Waals surface area contributed by atoms with Gasteiger partial charge in [0.2, 0.25) is 5.91 Å². The quantitative estimate of drug-likeness (QED) is 0.0483. The predicted octanol–water partition coefficient (Wildman–Crippen LogP) is 7.23. The molecule has 20 heteroatoms. The number of nitrogens with zero attached hydrogens (tertiary/aromatic N) is 7. The molecule has 7 rings (SSSR count). The summed E-state index contributed by atoms with van der Waals surface area (Å²) >= 11 is 2.47. The van der Waals surface area contributed by atoms with E-state index in [1.165, 1.54) is 27.6 Å². The first-order valence-corrected chi connectivity index (χ1v) is 25.6. The van der Waals surface area contributed by atoms with E-state index in [0.717, 1.165) is 57.9 Å². The lowest BCUT2D eigenvalue weighted by atomic mass is 9.84. The summed E-state index contributed by atoms with van der Waals surface area (Å²) in [6, 6.07) is 14.1. The van der Waals surface area contributed by atoms with Crippen molar-refractivity contribution < 1.29 is 28.8 Å². The number of hydrogen-bond acceptors (Lipinski definition) is 12. The van der Waals surface area contributed by atoms with Crippen molar-refractivity contribution >= 4 is 79.8 Å². The number of nitrogens with two attached hydrogens (primary N) is 1. The Morgan fingerprint density at radius 2 is 1.04 bits per heavy atom. The first-order chi connectivity index (χ1) is 34.2. The van der Waals surface area contributed by atoms with Crippen molar-refractivity contribution in [1.82, 2.24) is 39.5 Å². The van der Waals surface area contributed by atoms with Crippen LogP contribution < -0.4 is 31.9 Å². The summed E-state index contributed by atoms with van der Waals surface area (Å²) < 4.78 is 3.21. The van der Waals surface area contributed by atoms with Crippen LogP contribution in [0.15, 0.2) is 60.9 Å². The smallest absolute Gasteiger partial charge is 0.274 e. The number of carbonyl (C=O) groups is 6. The number of primary amides is 1. The van der Waals surface area contributed by atoms with Crippen molar-refractivity contribution in [3.8, 4) is 11.1 Å². The molecule has 0 saturated carbocycles. The maximum Gasteiger partial charge on any atom is 0.274 e. The van der Waals surface area contributed by atoms with Crippen LogP contribution in [0.5, 0.6) is 0 Å². The van der Waals surface area contributed by atoms with E-state index in [1.54, 1.807) is 59.9 Å². The second-order valence-electron chi connectivity index (χ2n) is 19.1. The first-order valence-electron chi connectivity index (χ1n) is 23.9. The summed E-state index contributed by atoms with van der Waals surface area (Å²) in [6.07, 6.45) is 6.11. The maximum absolute atomic E-state index is 15.1. The topological polar surface area (TPSA) is 222 Å². The SMILES string of the molecule is CC(C)c1sc(NC(=O)c2cc(N(C(=O)c3ccc4c(c3)CCc3cc(C(N)=O)ccc3-4)c3cc(C(=O)Nc4nc(C(=O)NCCCN(C)C)c(C(C)C)s4)n(C)c3)cn2C)nc1C(=O)NCCCN(C)C. The van der Waals surface area contributed by atoms with Crippen molar-refractivity contribution in [3.05, 3.63) is 116 Å². The third-order valence-electron chi connectivity index (χ3n) is 12.2. The lowest BCUT2D eigenvalue weighted by Gasteiger charge is -2.23. The summed E-state index contributed by atoms with van der Waals surface area (Å²) in [5.74, 6) is -2.63. The monoisotopic (exact) mass is 1020 g/mol. The Kier molecular flexibility index (Phi) is 16.6. The van der Waals surface area contributed by atoms with Gasteiger partial charge in [-0.1, -0.05) is 39.8 Å². The largest absolute Gasteiger partial charge is 0.366 e. The van der Waals surface area contributed by atoms with Gasteiger partial charge in [0.05, 0.1) is 11.4 Å². The third-order valence-corrected chi connectivity index (χ3v) is 14.8. The van der Waals surface area contributed by atoms with Gasteiger partial charge in [0.15, 0.2) is 10.3 Å². The molecule has 1 aliphatic rings. The van der Waals surface area contributed by atoms with E-state index in [4.69, 9.17) is 5.73 Å². The average Bonchev–Trinajstić information content (AvgIpc) is 4.14. The van der Waals surface area contributed by atoms with Crippen LogP contribution >= 0.6 is 22.7 Å². The van der Waals surface area contributed by atoms with E-state index in [9.17, 15) is 24.0 Å². The molecule has 0 saturated heterocycles. The lowest BCUT2D eigenvalue weighted by molar-refractivity contribution is 0.0938. The molecular formula is C52H64N12O6S2. The van der Waals surface area contributed by atoms with Crippen LogP contribution in [0.25, 0.3) is 11.1 Å². The van der Waals surface area contributed by atoms with E-state index < -0.39 is 23.6 Å². The molecule has 6 aromatic rings. The molecule has 1 aliphatic carbocycles. The van der Waals surface area contributed by atoms with Crippen molar-refractivity contribution in [1.29, 1.82) is 0 Å². The highest BCUT2D eigenvalue weighted by Gasteiger charge is 2.30. The minimum Gasteiger partial charge on any atom is -0.366 e. The number of rotatable bonds is 20. The van der Waals surface area contributed by atoms with Crippen LogP contribution in [0.3, 0.4) is 0 Å². The minimum absolute atomic E-state index is 0.0335. The van der Waals surface area contributed by atoms with Crippen LogP contribution in [0.1, 0.15) is 136 Å². The zero-order chi connectivity index (χ0) is 52.1. The summed E-state index contributed by atoms with van der Waals surface area (Å²) in [7, 11) is 11.3. The van der Waals surface area contributed by atoms with E-state index in [1.807, 2.05) is 90.0 Å². The highest BCUT2D eigenvalue weighted by Crippen LogP contribution is 2.38. The van der Waals surface area contributed by atoms with Crippen LogP contribution in [-0.2, 0) is 26.9 Å². The van der Waals surface area contributed by atoms with Crippen molar-refractivity contribution in [2.24, 2.45) is 19.8 Å². The maximum atomic E-state index is 15.1. The lowest BCUT2D eigenvalue weighted by Crippen LogP contribution is -2.28. The third kappa shape index (κ3) is 12.0. The van der Waals surface area contributed by atoms with Crippen molar-refractivity contribution in [2.45, 2.75) is 65.2 Å². The van der Waals surface area contributed by atoms with Crippen LogP contribution in [0, 0.1) is 0 Å². The second-order valence-corrected chi connectivity index (χ2v) is 21.2. The molecule has 4 aromatic heterocycles. The Balaban J connectivity index is 1.20. The fourth-order valence-electron chi connectivity index (χ4n) is 8.55. The average molecular weight is 1020 g/mol. The van der Waals surface area contributed by atoms with Crippen LogP contribution in [-0.4, -0.2) is 119 Å². The van der Waals surface area contributed by atoms with Gasteiger partial charge in [0, 0.05) is 60.5 Å². The Bertz CT molecular complexity index is 2900. The van der Waals surface area contributed by atoms with Gasteiger partial charge in [-0.25, -0.2) is 9.97 Å². The van der Waals surface area contributed by atoms with E-state index >= 15 is 4.79 Å². The predicted molar refractivity (Wildman–Crippen MR) is 284 cm³/mol. The normalized spacial score (nSPS) is 12.0. The van der Waals surface area contributed by atoms with Crippen LogP contribution in [0.2, 0.25) is 0 Å². The highest BCUT2D eigenvalue weighted by atomic mass is 32.1. The number of aryl methyl sites for hydroxylation is 4. The van der Waals surface area contributed by atoms with E-state index in [-0.39, 0.29) is 56.7 Å². The molecule has 6 amide bonds. The minimum atomic E-state index is -0.510.